The number of oxazole rings is 1. The van der Waals surface area contributed by atoms with Crippen LogP contribution in [0.5, 0.6) is 11.5 Å². The molecular weight excluding hydrogens is 232 g/mol. The van der Waals surface area contributed by atoms with Crippen molar-refractivity contribution in [2.24, 2.45) is 0 Å². The molecule has 0 fully saturated rings. The van der Waals surface area contributed by atoms with Gasteiger partial charge in [0, 0.05) is 6.42 Å². The highest BCUT2D eigenvalue weighted by Crippen LogP contribution is 2.25. The lowest BCUT2D eigenvalue weighted by Gasteiger charge is -2.09. The molecule has 0 unspecified atom stereocenters. The largest absolute Gasteiger partial charge is 0.497 e. The molecule has 0 bridgehead atoms. The van der Waals surface area contributed by atoms with E-state index in [1.807, 2.05) is 18.2 Å². The first-order chi connectivity index (χ1) is 8.72. The summed E-state index contributed by atoms with van der Waals surface area (Å²) in [6.45, 7) is 0. The fourth-order valence-corrected chi connectivity index (χ4v) is 1.77. The number of rotatable bonds is 5. The molecule has 0 saturated carbocycles. The first kappa shape index (κ1) is 12.3. The van der Waals surface area contributed by atoms with Gasteiger partial charge in [0.25, 0.3) is 6.01 Å². The summed E-state index contributed by atoms with van der Waals surface area (Å²) in [5.74, 6) is 2.41. The number of aryl methyl sites for hydroxylation is 2. The molecule has 5 nitrogen and oxygen atoms in total. The maximum Gasteiger partial charge on any atom is 0.292 e. The Morgan fingerprint density at radius 1 is 1.22 bits per heavy atom. The number of nitrogens with two attached hydrogens (primary N) is 1. The van der Waals surface area contributed by atoms with E-state index in [4.69, 9.17) is 19.6 Å². The third kappa shape index (κ3) is 2.74. The molecule has 1 aromatic heterocycles. The minimum atomic E-state index is 0.197. The number of nitrogens with zero attached hydrogens (tertiary/aromatic N) is 1. The standard InChI is InChI=1S/C13H16N2O3/c1-16-10-5-6-12(17-2)9(7-10)3-4-11-8-15-13(14)18-11/h5-8H,3-4H2,1-2H3,(H2,14,15). The van der Waals surface area contributed by atoms with Crippen LogP contribution >= 0.6 is 0 Å². The number of aromatic nitrogens is 1. The lowest BCUT2D eigenvalue weighted by molar-refractivity contribution is 0.398. The summed E-state index contributed by atoms with van der Waals surface area (Å²) in [5, 5.41) is 0. The van der Waals surface area contributed by atoms with Gasteiger partial charge in [0.05, 0.1) is 20.4 Å². The van der Waals surface area contributed by atoms with E-state index in [0.29, 0.717) is 6.42 Å². The van der Waals surface area contributed by atoms with E-state index in [1.54, 1.807) is 20.4 Å². The molecule has 2 aromatic rings. The average Bonchev–Trinajstić information content (AvgIpc) is 2.81. The van der Waals surface area contributed by atoms with Crippen LogP contribution in [0.3, 0.4) is 0 Å². The van der Waals surface area contributed by atoms with Crippen molar-refractivity contribution in [3.8, 4) is 11.5 Å². The maximum atomic E-state index is 5.43. The molecule has 0 saturated heterocycles. The summed E-state index contributed by atoms with van der Waals surface area (Å²) >= 11 is 0. The summed E-state index contributed by atoms with van der Waals surface area (Å²) in [5.41, 5.74) is 6.49. The predicted molar refractivity (Wildman–Crippen MR) is 67.9 cm³/mol. The van der Waals surface area contributed by atoms with E-state index in [-0.39, 0.29) is 6.01 Å². The van der Waals surface area contributed by atoms with Gasteiger partial charge in [-0.05, 0) is 30.2 Å². The molecule has 18 heavy (non-hydrogen) atoms. The Balaban J connectivity index is 2.11. The summed E-state index contributed by atoms with van der Waals surface area (Å²) in [7, 11) is 3.29. The SMILES string of the molecule is COc1ccc(OC)c(CCc2cnc(N)o2)c1. The third-order valence-corrected chi connectivity index (χ3v) is 2.70. The number of benzene rings is 1. The number of nitrogen functional groups attached to an aromatic ring is 1. The zero-order valence-corrected chi connectivity index (χ0v) is 10.5. The second-order valence-electron chi connectivity index (χ2n) is 3.84. The molecule has 0 aliphatic carbocycles. The van der Waals surface area contributed by atoms with E-state index in [1.165, 1.54) is 0 Å². The molecule has 0 spiro atoms. The van der Waals surface area contributed by atoms with Gasteiger partial charge >= 0.3 is 0 Å². The van der Waals surface area contributed by atoms with Gasteiger partial charge in [-0.15, -0.1) is 0 Å². The summed E-state index contributed by atoms with van der Waals surface area (Å²) in [6, 6.07) is 5.92. The average molecular weight is 248 g/mol. The maximum absolute atomic E-state index is 5.43. The molecule has 1 heterocycles. The van der Waals surface area contributed by atoms with Gasteiger partial charge in [-0.2, -0.15) is 0 Å². The van der Waals surface area contributed by atoms with Crippen molar-refractivity contribution in [2.75, 3.05) is 20.0 Å². The highest BCUT2D eigenvalue weighted by atomic mass is 16.5. The van der Waals surface area contributed by atoms with Crippen molar-refractivity contribution in [1.82, 2.24) is 4.98 Å². The summed E-state index contributed by atoms with van der Waals surface area (Å²) in [4.78, 5) is 3.86. The smallest absolute Gasteiger partial charge is 0.292 e. The van der Waals surface area contributed by atoms with Crippen molar-refractivity contribution in [3.63, 3.8) is 0 Å². The fraction of sp³-hybridized carbons (Fsp3) is 0.308. The lowest BCUT2D eigenvalue weighted by atomic mass is 10.1. The molecule has 5 heteroatoms. The van der Waals surface area contributed by atoms with Gasteiger partial charge in [0.1, 0.15) is 17.3 Å². The minimum Gasteiger partial charge on any atom is -0.497 e. The summed E-state index contributed by atoms with van der Waals surface area (Å²) < 4.78 is 15.7. The minimum absolute atomic E-state index is 0.197. The van der Waals surface area contributed by atoms with Crippen molar-refractivity contribution in [1.29, 1.82) is 0 Å². The van der Waals surface area contributed by atoms with E-state index >= 15 is 0 Å². The number of anilines is 1. The zero-order chi connectivity index (χ0) is 13.0. The highest BCUT2D eigenvalue weighted by molar-refractivity contribution is 5.40. The number of hydrogen-bond acceptors (Lipinski definition) is 5. The Kier molecular flexibility index (Phi) is 3.72. The highest BCUT2D eigenvalue weighted by Gasteiger charge is 2.07. The normalized spacial score (nSPS) is 10.3. The van der Waals surface area contributed by atoms with E-state index < -0.39 is 0 Å². The second kappa shape index (κ2) is 5.44. The Morgan fingerprint density at radius 3 is 2.67 bits per heavy atom. The summed E-state index contributed by atoms with van der Waals surface area (Å²) in [6.07, 6.45) is 3.13. The molecule has 0 atom stereocenters. The molecule has 0 amide bonds. The van der Waals surface area contributed by atoms with Crippen molar-refractivity contribution in [3.05, 3.63) is 35.7 Å². The monoisotopic (exact) mass is 248 g/mol. The molecule has 2 N–H and O–H groups in total. The molecular formula is C13H16N2O3. The zero-order valence-electron chi connectivity index (χ0n) is 10.5. The van der Waals surface area contributed by atoms with Gasteiger partial charge in [-0.25, -0.2) is 4.98 Å². The number of ether oxygens (including phenoxy) is 2. The fourth-order valence-electron chi connectivity index (χ4n) is 1.77. The molecule has 0 radical (unpaired) electrons. The van der Waals surface area contributed by atoms with E-state index in [9.17, 15) is 0 Å². The Hall–Kier alpha value is -2.17. The number of methoxy groups -OCH3 is 2. The lowest BCUT2D eigenvalue weighted by Crippen LogP contribution is -1.96. The Labute approximate surface area is 106 Å². The topological polar surface area (TPSA) is 70.5 Å². The van der Waals surface area contributed by atoms with Crippen LogP contribution in [-0.4, -0.2) is 19.2 Å². The van der Waals surface area contributed by atoms with Crippen LogP contribution in [0.2, 0.25) is 0 Å². The van der Waals surface area contributed by atoms with Gasteiger partial charge in [-0.3, -0.25) is 0 Å². The van der Waals surface area contributed by atoms with Crippen molar-refractivity contribution in [2.45, 2.75) is 12.8 Å². The van der Waals surface area contributed by atoms with Gasteiger partial charge in [0.2, 0.25) is 0 Å². The van der Waals surface area contributed by atoms with Gasteiger partial charge in [-0.1, -0.05) is 0 Å². The van der Waals surface area contributed by atoms with Crippen LogP contribution in [0.15, 0.2) is 28.8 Å². The van der Waals surface area contributed by atoms with Crippen LogP contribution in [-0.2, 0) is 12.8 Å². The molecule has 0 aliphatic heterocycles. The molecule has 0 aliphatic rings. The second-order valence-corrected chi connectivity index (χ2v) is 3.84. The Bertz CT molecular complexity index is 523. The van der Waals surface area contributed by atoms with Crippen LogP contribution in [0.4, 0.5) is 6.01 Å². The number of hydrogen-bond donors (Lipinski definition) is 1. The molecule has 1 aromatic carbocycles. The van der Waals surface area contributed by atoms with Crippen LogP contribution in [0.25, 0.3) is 0 Å². The molecule has 96 valence electrons. The van der Waals surface area contributed by atoms with E-state index in [0.717, 1.165) is 29.2 Å². The van der Waals surface area contributed by atoms with Gasteiger partial charge in [0.15, 0.2) is 0 Å². The van der Waals surface area contributed by atoms with E-state index in [2.05, 4.69) is 4.98 Å². The predicted octanol–water partition coefficient (Wildman–Crippen LogP) is 2.06. The Morgan fingerprint density at radius 2 is 2.06 bits per heavy atom. The first-order valence-electron chi connectivity index (χ1n) is 5.64. The van der Waals surface area contributed by atoms with Crippen LogP contribution in [0.1, 0.15) is 11.3 Å². The molecule has 2 rings (SSSR count). The third-order valence-electron chi connectivity index (χ3n) is 2.70. The first-order valence-corrected chi connectivity index (χ1v) is 5.64. The van der Waals surface area contributed by atoms with Crippen LogP contribution < -0.4 is 15.2 Å². The van der Waals surface area contributed by atoms with Crippen molar-refractivity contribution < 1.29 is 13.9 Å². The van der Waals surface area contributed by atoms with Crippen LogP contribution in [0, 0.1) is 0 Å². The van der Waals surface area contributed by atoms with Crippen molar-refractivity contribution >= 4 is 6.01 Å². The quantitative estimate of drug-likeness (QED) is 0.877. The van der Waals surface area contributed by atoms with Gasteiger partial charge < -0.3 is 19.6 Å².